The monoisotopic (exact) mass is 321 g/mol. The lowest BCUT2D eigenvalue weighted by atomic mass is 10.3. The van der Waals surface area contributed by atoms with Gasteiger partial charge >= 0.3 is 0 Å². The molecule has 0 fully saturated rings. The van der Waals surface area contributed by atoms with Gasteiger partial charge in [-0.25, -0.2) is 17.2 Å². The van der Waals surface area contributed by atoms with Gasteiger partial charge in [0, 0.05) is 16.7 Å². The average molecular weight is 323 g/mol. The Morgan fingerprint density at radius 3 is 2.40 bits per heavy atom. The average Bonchev–Trinajstić information content (AvgIpc) is 2.06. The third-order valence-corrected chi connectivity index (χ3v) is 3.75. The van der Waals surface area contributed by atoms with Crippen LogP contribution in [0.25, 0.3) is 0 Å². The third kappa shape index (κ3) is 2.76. The topological polar surface area (TPSA) is 67.0 Å². The predicted molar refractivity (Wildman–Crippen MR) is 52.8 cm³/mol. The van der Waals surface area contributed by atoms with E-state index in [0.717, 1.165) is 0 Å². The molecule has 0 aliphatic carbocycles. The Morgan fingerprint density at radius 1 is 1.47 bits per heavy atom. The van der Waals surface area contributed by atoms with Crippen LogP contribution in [-0.4, -0.2) is 13.4 Å². The van der Waals surface area contributed by atoms with Crippen molar-refractivity contribution in [3.63, 3.8) is 0 Å². The molecular formula is C6H3BrClF2NO3S. The van der Waals surface area contributed by atoms with Gasteiger partial charge in [-0.2, -0.15) is 0 Å². The summed E-state index contributed by atoms with van der Waals surface area (Å²) in [6, 6.07) is 0.598. The molecule has 1 heterocycles. The summed E-state index contributed by atoms with van der Waals surface area (Å²) in [5.74, 6) is 0. The first kappa shape index (κ1) is 12.6. The first-order chi connectivity index (χ1) is 6.73. The molecule has 0 bridgehead atoms. The number of halogens is 4. The number of rotatable bonds is 2. The molecule has 9 heteroatoms. The van der Waals surface area contributed by atoms with E-state index in [2.05, 4.69) is 15.9 Å². The van der Waals surface area contributed by atoms with Gasteiger partial charge in [-0.1, -0.05) is 0 Å². The third-order valence-electron chi connectivity index (χ3n) is 1.44. The maximum atomic E-state index is 12.2. The zero-order valence-corrected chi connectivity index (χ0v) is 9.96. The lowest BCUT2D eigenvalue weighted by molar-refractivity contribution is 0.145. The van der Waals surface area contributed by atoms with Gasteiger partial charge in [0.1, 0.15) is 4.47 Å². The van der Waals surface area contributed by atoms with E-state index in [1.807, 2.05) is 4.98 Å². The fraction of sp³-hybridized carbons (Fsp3) is 0.167. The van der Waals surface area contributed by atoms with Crippen LogP contribution in [0.15, 0.2) is 20.4 Å². The largest absolute Gasteiger partial charge is 0.343 e. The molecule has 0 amide bonds. The summed E-state index contributed by atoms with van der Waals surface area (Å²) in [6.45, 7) is 0. The Balaban J connectivity index is 3.60. The number of nitrogens with one attached hydrogen (secondary N) is 1. The summed E-state index contributed by atoms with van der Waals surface area (Å²) in [4.78, 5) is 13.0. The summed E-state index contributed by atoms with van der Waals surface area (Å²) in [5.41, 5.74) is -1.69. The van der Waals surface area contributed by atoms with Crippen molar-refractivity contribution >= 4 is 35.7 Å². The highest BCUT2D eigenvalue weighted by atomic mass is 79.9. The van der Waals surface area contributed by atoms with E-state index >= 15 is 0 Å². The van der Waals surface area contributed by atoms with Crippen molar-refractivity contribution in [3.05, 3.63) is 26.5 Å². The molecule has 4 nitrogen and oxygen atoms in total. The van der Waals surface area contributed by atoms with Gasteiger partial charge in [0.15, 0.2) is 10.5 Å². The van der Waals surface area contributed by atoms with Crippen molar-refractivity contribution in [2.24, 2.45) is 0 Å². The van der Waals surface area contributed by atoms with Crippen molar-refractivity contribution in [2.75, 3.05) is 0 Å². The van der Waals surface area contributed by atoms with Crippen LogP contribution in [0.1, 0.15) is 12.1 Å². The summed E-state index contributed by atoms with van der Waals surface area (Å²) in [5, 5.41) is -0.771. The van der Waals surface area contributed by atoms with E-state index in [1.54, 1.807) is 0 Å². The predicted octanol–water partition coefficient (Wildman–Crippen LogP) is 2.00. The fourth-order valence-electron chi connectivity index (χ4n) is 0.824. The Labute approximate surface area is 95.8 Å². The van der Waals surface area contributed by atoms with Crippen LogP contribution in [-0.2, 0) is 9.05 Å². The van der Waals surface area contributed by atoms with Crippen LogP contribution < -0.4 is 5.43 Å². The van der Waals surface area contributed by atoms with Gasteiger partial charge in [-0.05, 0) is 15.9 Å². The van der Waals surface area contributed by atoms with Crippen molar-refractivity contribution in [1.82, 2.24) is 4.98 Å². The quantitative estimate of drug-likeness (QED) is 0.847. The minimum Gasteiger partial charge on any atom is -0.343 e. The van der Waals surface area contributed by atoms with Crippen LogP contribution >= 0.6 is 26.6 Å². The molecule has 15 heavy (non-hydrogen) atoms. The lowest BCUT2D eigenvalue weighted by Gasteiger charge is -2.04. The van der Waals surface area contributed by atoms with Gasteiger partial charge < -0.3 is 4.98 Å². The number of H-pyrrole nitrogens is 1. The maximum Gasteiger partial charge on any atom is 0.278 e. The molecule has 1 rings (SSSR count). The highest BCUT2D eigenvalue weighted by Crippen LogP contribution is 2.23. The Kier molecular flexibility index (Phi) is 3.51. The Hall–Kier alpha value is -0.470. The normalized spacial score (nSPS) is 12.1. The number of aromatic amines is 1. The van der Waals surface area contributed by atoms with Crippen LogP contribution in [0, 0.1) is 0 Å². The molecule has 84 valence electrons. The second-order valence-electron chi connectivity index (χ2n) is 2.47. The van der Waals surface area contributed by atoms with E-state index in [0.29, 0.717) is 6.07 Å². The minimum absolute atomic E-state index is 0.401. The van der Waals surface area contributed by atoms with Gasteiger partial charge in [0.25, 0.3) is 15.5 Å². The molecule has 1 N–H and O–H groups in total. The molecule has 0 unspecified atom stereocenters. The zero-order valence-electron chi connectivity index (χ0n) is 6.80. The van der Waals surface area contributed by atoms with Crippen molar-refractivity contribution in [1.29, 1.82) is 0 Å². The standard InChI is InChI=1S/C6H3BrClF2NO3S/c7-4-3(12)1-2(5(9)10)11-6(4)15(8,13)14/h1,5H,(H,11,12). The van der Waals surface area contributed by atoms with Crippen LogP contribution in [0.2, 0.25) is 0 Å². The highest BCUT2D eigenvalue weighted by Gasteiger charge is 2.21. The van der Waals surface area contributed by atoms with E-state index < -0.39 is 36.1 Å². The molecular weight excluding hydrogens is 319 g/mol. The van der Waals surface area contributed by atoms with Crippen LogP contribution in [0.4, 0.5) is 8.78 Å². The van der Waals surface area contributed by atoms with Gasteiger partial charge in [-0.15, -0.1) is 0 Å². The van der Waals surface area contributed by atoms with Gasteiger partial charge in [-0.3, -0.25) is 4.79 Å². The smallest absolute Gasteiger partial charge is 0.278 e. The molecule has 0 aromatic carbocycles. The van der Waals surface area contributed by atoms with E-state index in [1.165, 1.54) is 0 Å². The van der Waals surface area contributed by atoms with Gasteiger partial charge in [0.05, 0.1) is 5.69 Å². The molecule has 0 saturated carbocycles. The molecule has 1 aromatic heterocycles. The molecule has 0 aliphatic rings. The molecule has 1 aromatic rings. The number of aromatic nitrogens is 1. The van der Waals surface area contributed by atoms with E-state index in [9.17, 15) is 22.0 Å². The molecule has 0 aliphatic heterocycles. The number of alkyl halides is 2. The number of hydrogen-bond donors (Lipinski definition) is 1. The first-order valence-corrected chi connectivity index (χ1v) is 6.49. The van der Waals surface area contributed by atoms with Gasteiger partial charge in [0.2, 0.25) is 0 Å². The summed E-state index contributed by atoms with van der Waals surface area (Å²) < 4.78 is 45.8. The summed E-state index contributed by atoms with van der Waals surface area (Å²) in [6.07, 6.45) is -2.98. The Bertz CT molecular complexity index is 542. The van der Waals surface area contributed by atoms with Crippen LogP contribution in [0.3, 0.4) is 0 Å². The second-order valence-corrected chi connectivity index (χ2v) is 5.77. The number of hydrogen-bond acceptors (Lipinski definition) is 3. The highest BCUT2D eigenvalue weighted by molar-refractivity contribution is 9.10. The van der Waals surface area contributed by atoms with E-state index in [-0.39, 0.29) is 0 Å². The fourth-order valence-corrected chi connectivity index (χ4v) is 2.86. The van der Waals surface area contributed by atoms with Crippen molar-refractivity contribution in [2.45, 2.75) is 11.5 Å². The number of pyridine rings is 1. The molecule has 0 spiro atoms. The second kappa shape index (κ2) is 4.18. The van der Waals surface area contributed by atoms with E-state index in [4.69, 9.17) is 10.7 Å². The molecule has 0 atom stereocenters. The van der Waals surface area contributed by atoms with Crippen LogP contribution in [0.5, 0.6) is 0 Å². The zero-order chi connectivity index (χ0) is 11.8. The lowest BCUT2D eigenvalue weighted by Crippen LogP contribution is -2.11. The maximum absolute atomic E-state index is 12.2. The summed E-state index contributed by atoms with van der Waals surface area (Å²) in [7, 11) is 0.664. The first-order valence-electron chi connectivity index (χ1n) is 3.39. The minimum atomic E-state index is -4.28. The summed E-state index contributed by atoms with van der Waals surface area (Å²) >= 11 is 2.65. The molecule has 0 saturated heterocycles. The SMILES string of the molecule is O=c1cc(C(F)F)[nH]c(S(=O)(=O)Cl)c1Br. The Morgan fingerprint density at radius 2 is 2.00 bits per heavy atom. The van der Waals surface area contributed by atoms with Crippen molar-refractivity contribution < 1.29 is 17.2 Å². The molecule has 0 radical (unpaired) electrons. The van der Waals surface area contributed by atoms with Crippen molar-refractivity contribution in [3.8, 4) is 0 Å².